The first-order valence-electron chi connectivity index (χ1n) is 7.56. The Labute approximate surface area is 119 Å². The molecule has 0 radical (unpaired) electrons. The molecule has 3 rings (SSSR count). The Morgan fingerprint density at radius 3 is 2.75 bits per heavy atom. The van der Waals surface area contributed by atoms with E-state index in [4.69, 9.17) is 5.21 Å². The van der Waals surface area contributed by atoms with E-state index in [9.17, 15) is 5.11 Å². The molecule has 2 N–H and O–H groups in total. The van der Waals surface area contributed by atoms with Gasteiger partial charge >= 0.3 is 0 Å². The third-order valence-electron chi connectivity index (χ3n) is 4.58. The molecular weight excluding hydrogens is 252 g/mol. The minimum absolute atomic E-state index is 0.193. The van der Waals surface area contributed by atoms with Crippen molar-refractivity contribution in [2.75, 3.05) is 11.4 Å². The number of rotatable bonds is 1. The van der Waals surface area contributed by atoms with Crippen LogP contribution >= 0.6 is 0 Å². The Kier molecular flexibility index (Phi) is 3.92. The van der Waals surface area contributed by atoms with Gasteiger partial charge in [-0.1, -0.05) is 42.6 Å². The van der Waals surface area contributed by atoms with Gasteiger partial charge in [0.2, 0.25) is 0 Å². The fraction of sp³-hybridized carbons (Fsp3) is 0.562. The Hall–Kier alpha value is -1.55. The van der Waals surface area contributed by atoms with E-state index < -0.39 is 0 Å². The summed E-state index contributed by atoms with van der Waals surface area (Å²) in [5.41, 5.74) is 2.84. The van der Waals surface area contributed by atoms with E-state index in [0.29, 0.717) is 0 Å². The number of benzene rings is 1. The highest BCUT2D eigenvalue weighted by Crippen LogP contribution is 2.33. The Morgan fingerprint density at radius 2 is 1.90 bits per heavy atom. The number of hydrogen-bond acceptors (Lipinski definition) is 4. The second kappa shape index (κ2) is 5.83. The number of nitrogens with zero attached hydrogens (tertiary/aromatic N) is 2. The highest BCUT2D eigenvalue weighted by Gasteiger charge is 2.32. The molecule has 2 aliphatic rings. The summed E-state index contributed by atoms with van der Waals surface area (Å²) >= 11 is 0. The highest BCUT2D eigenvalue weighted by atomic mass is 16.4. The topological polar surface area (TPSA) is 56.1 Å². The summed E-state index contributed by atoms with van der Waals surface area (Å²) in [4.78, 5) is 2.32. The molecule has 0 aromatic heterocycles. The third kappa shape index (κ3) is 2.40. The van der Waals surface area contributed by atoms with Gasteiger partial charge in [-0.15, -0.1) is 0 Å². The van der Waals surface area contributed by atoms with Crippen LogP contribution < -0.4 is 4.90 Å². The lowest BCUT2D eigenvalue weighted by atomic mass is 9.95. The molecule has 0 saturated heterocycles. The average Bonchev–Trinajstić information content (AvgIpc) is 2.71. The zero-order valence-corrected chi connectivity index (χ0v) is 11.7. The van der Waals surface area contributed by atoms with Crippen LogP contribution in [0.25, 0.3) is 0 Å². The summed E-state index contributed by atoms with van der Waals surface area (Å²) in [6.45, 7) is 0.818. The van der Waals surface area contributed by atoms with Crippen LogP contribution in [-0.2, 0) is 0 Å². The van der Waals surface area contributed by atoms with Gasteiger partial charge in [0.1, 0.15) is 0 Å². The molecule has 0 bridgehead atoms. The smallest absolute Gasteiger partial charge is 0.0906 e. The zero-order valence-electron chi connectivity index (χ0n) is 11.7. The van der Waals surface area contributed by atoms with Crippen LogP contribution in [0.15, 0.2) is 29.4 Å². The summed E-state index contributed by atoms with van der Waals surface area (Å²) in [5.74, 6) is 0. The maximum Gasteiger partial charge on any atom is 0.0906 e. The summed E-state index contributed by atoms with van der Waals surface area (Å²) in [6.07, 6.45) is 5.94. The number of hydrogen-bond donors (Lipinski definition) is 2. The number of aliphatic hydroxyl groups excluding tert-OH is 1. The molecule has 1 fully saturated rings. The number of anilines is 1. The van der Waals surface area contributed by atoms with Gasteiger partial charge in [0.15, 0.2) is 0 Å². The van der Waals surface area contributed by atoms with Gasteiger partial charge in [0, 0.05) is 24.2 Å². The maximum atomic E-state index is 10.4. The van der Waals surface area contributed by atoms with Crippen LogP contribution in [0.2, 0.25) is 0 Å². The molecule has 4 heteroatoms. The monoisotopic (exact) mass is 274 g/mol. The Balaban J connectivity index is 1.94. The summed E-state index contributed by atoms with van der Waals surface area (Å²) in [5, 5.41) is 23.0. The molecule has 1 aliphatic heterocycles. The lowest BCUT2D eigenvalue weighted by Gasteiger charge is -2.39. The van der Waals surface area contributed by atoms with Gasteiger partial charge < -0.3 is 15.2 Å². The predicted octanol–water partition coefficient (Wildman–Crippen LogP) is 2.77. The Bertz CT molecular complexity index is 501. The largest absolute Gasteiger partial charge is 0.411 e. The molecule has 2 unspecified atom stereocenters. The zero-order chi connectivity index (χ0) is 13.9. The molecule has 0 amide bonds. The van der Waals surface area contributed by atoms with Crippen molar-refractivity contribution in [3.63, 3.8) is 0 Å². The van der Waals surface area contributed by atoms with Gasteiger partial charge in [0.25, 0.3) is 0 Å². The van der Waals surface area contributed by atoms with Crippen molar-refractivity contribution in [2.24, 2.45) is 5.16 Å². The molecule has 0 spiro atoms. The molecule has 108 valence electrons. The van der Waals surface area contributed by atoms with Gasteiger partial charge in [-0.2, -0.15) is 0 Å². The van der Waals surface area contributed by atoms with Crippen molar-refractivity contribution in [3.05, 3.63) is 29.8 Å². The second-order valence-electron chi connectivity index (χ2n) is 5.78. The third-order valence-corrected chi connectivity index (χ3v) is 4.58. The van der Waals surface area contributed by atoms with E-state index in [-0.39, 0.29) is 12.1 Å². The molecule has 1 aromatic carbocycles. The molecule has 1 saturated carbocycles. The van der Waals surface area contributed by atoms with E-state index in [1.807, 2.05) is 18.2 Å². The SMILES string of the molecule is ON=C1CCN(C2CCCCCC2O)c2ccccc21. The first-order valence-corrected chi connectivity index (χ1v) is 7.56. The molecule has 20 heavy (non-hydrogen) atoms. The minimum Gasteiger partial charge on any atom is -0.411 e. The van der Waals surface area contributed by atoms with E-state index >= 15 is 0 Å². The van der Waals surface area contributed by atoms with Crippen LogP contribution in [0.4, 0.5) is 5.69 Å². The normalized spacial score (nSPS) is 29.1. The fourth-order valence-electron chi connectivity index (χ4n) is 3.53. The summed E-state index contributed by atoms with van der Waals surface area (Å²) < 4.78 is 0. The van der Waals surface area contributed by atoms with E-state index in [0.717, 1.165) is 49.2 Å². The predicted molar refractivity (Wildman–Crippen MR) is 79.6 cm³/mol. The average molecular weight is 274 g/mol. The van der Waals surface area contributed by atoms with Crippen molar-refractivity contribution in [2.45, 2.75) is 50.7 Å². The van der Waals surface area contributed by atoms with Crippen LogP contribution in [0, 0.1) is 0 Å². The van der Waals surface area contributed by atoms with Crippen molar-refractivity contribution < 1.29 is 10.3 Å². The van der Waals surface area contributed by atoms with Gasteiger partial charge in [-0.25, -0.2) is 0 Å². The summed E-state index contributed by atoms with van der Waals surface area (Å²) in [6, 6.07) is 8.24. The van der Waals surface area contributed by atoms with Crippen LogP contribution in [0.1, 0.15) is 44.1 Å². The van der Waals surface area contributed by atoms with Crippen molar-refractivity contribution in [1.29, 1.82) is 0 Å². The molecule has 1 aliphatic carbocycles. The quantitative estimate of drug-likeness (QED) is 0.470. The molecule has 2 atom stereocenters. The van der Waals surface area contributed by atoms with Gasteiger partial charge in [0.05, 0.1) is 17.9 Å². The van der Waals surface area contributed by atoms with E-state index in [2.05, 4.69) is 16.1 Å². The van der Waals surface area contributed by atoms with Crippen molar-refractivity contribution in [3.8, 4) is 0 Å². The molecule has 1 heterocycles. The summed E-state index contributed by atoms with van der Waals surface area (Å²) in [7, 11) is 0. The van der Waals surface area contributed by atoms with E-state index in [1.54, 1.807) is 0 Å². The number of aliphatic hydroxyl groups is 1. The fourth-order valence-corrected chi connectivity index (χ4v) is 3.53. The maximum absolute atomic E-state index is 10.4. The van der Waals surface area contributed by atoms with Crippen molar-refractivity contribution >= 4 is 11.4 Å². The lowest BCUT2D eigenvalue weighted by Crippen LogP contribution is -2.46. The van der Waals surface area contributed by atoms with E-state index in [1.165, 1.54) is 12.8 Å². The van der Waals surface area contributed by atoms with Crippen molar-refractivity contribution in [1.82, 2.24) is 0 Å². The lowest BCUT2D eigenvalue weighted by molar-refractivity contribution is 0.132. The number of para-hydroxylation sites is 1. The Morgan fingerprint density at radius 1 is 1.10 bits per heavy atom. The molecule has 4 nitrogen and oxygen atoms in total. The highest BCUT2D eigenvalue weighted by molar-refractivity contribution is 6.06. The standard InChI is InChI=1S/C16H22N2O2/c19-16-9-3-1-2-8-15(16)18-11-10-13(17-20)12-6-4-5-7-14(12)18/h4-7,15-16,19-20H,1-3,8-11H2. The van der Waals surface area contributed by atoms with Crippen LogP contribution in [-0.4, -0.2) is 34.7 Å². The first-order chi connectivity index (χ1) is 9.81. The first kappa shape index (κ1) is 13.4. The van der Waals surface area contributed by atoms with Gasteiger partial charge in [-0.05, 0) is 18.9 Å². The second-order valence-corrected chi connectivity index (χ2v) is 5.78. The minimum atomic E-state index is -0.252. The van der Waals surface area contributed by atoms with Crippen LogP contribution in [0.3, 0.4) is 0 Å². The number of oxime groups is 1. The van der Waals surface area contributed by atoms with Gasteiger partial charge in [-0.3, -0.25) is 0 Å². The molecule has 1 aromatic rings. The van der Waals surface area contributed by atoms with Crippen LogP contribution in [0.5, 0.6) is 0 Å². The molecular formula is C16H22N2O2. The number of fused-ring (bicyclic) bond motifs is 1.